The van der Waals surface area contributed by atoms with Gasteiger partial charge in [0.1, 0.15) is 12.4 Å². The Balaban J connectivity index is 1.57. The summed E-state index contributed by atoms with van der Waals surface area (Å²) in [6.45, 7) is 3.68. The molecule has 0 spiro atoms. The Morgan fingerprint density at radius 2 is 1.88 bits per heavy atom. The van der Waals surface area contributed by atoms with Gasteiger partial charge in [-0.05, 0) is 43.3 Å². The molecule has 0 saturated carbocycles. The molecule has 1 N–H and O–H groups in total. The molecule has 2 amide bonds. The maximum atomic E-state index is 12.6. The van der Waals surface area contributed by atoms with Crippen LogP contribution in [0.4, 0.5) is 5.69 Å². The second kappa shape index (κ2) is 6.59. The molecule has 7 nitrogen and oxygen atoms in total. The third kappa shape index (κ3) is 2.92. The summed E-state index contributed by atoms with van der Waals surface area (Å²) in [4.78, 5) is 26.8. The number of carbonyl (C=O) groups excluding carboxylic acids is 2. The molecule has 0 aromatic heterocycles. The molecule has 2 aromatic rings. The minimum Gasteiger partial charge on any atom is -0.491 e. The molecule has 0 bridgehead atoms. The van der Waals surface area contributed by atoms with Crippen molar-refractivity contribution in [2.24, 2.45) is 0 Å². The molecular weight excluding hydrogens is 336 g/mol. The van der Waals surface area contributed by atoms with Gasteiger partial charge < -0.3 is 24.4 Å². The molecule has 0 atom stereocenters. The molecule has 4 rings (SSSR count). The van der Waals surface area contributed by atoms with Gasteiger partial charge in [-0.3, -0.25) is 9.59 Å². The molecule has 134 valence electrons. The van der Waals surface area contributed by atoms with Gasteiger partial charge in [-0.2, -0.15) is 0 Å². The Morgan fingerprint density at radius 1 is 1.08 bits per heavy atom. The van der Waals surface area contributed by atoms with Crippen LogP contribution in [0.1, 0.15) is 27.6 Å². The van der Waals surface area contributed by atoms with Gasteiger partial charge in [0.25, 0.3) is 11.8 Å². The quantitative estimate of drug-likeness (QED) is 0.916. The molecule has 0 radical (unpaired) electrons. The number of benzene rings is 2. The van der Waals surface area contributed by atoms with Crippen molar-refractivity contribution in [2.45, 2.75) is 6.92 Å². The fraction of sp³-hybridized carbons (Fsp3) is 0.263. The van der Waals surface area contributed by atoms with Crippen LogP contribution < -0.4 is 19.5 Å². The smallest absolute Gasteiger partial charge is 0.257 e. The van der Waals surface area contributed by atoms with E-state index in [-0.39, 0.29) is 18.6 Å². The van der Waals surface area contributed by atoms with Gasteiger partial charge in [0, 0.05) is 17.8 Å². The van der Waals surface area contributed by atoms with Crippen LogP contribution in [-0.2, 0) is 0 Å². The monoisotopic (exact) mass is 354 g/mol. The molecule has 0 fully saturated rings. The first kappa shape index (κ1) is 16.3. The lowest BCUT2D eigenvalue weighted by Crippen LogP contribution is -2.32. The molecule has 26 heavy (non-hydrogen) atoms. The minimum absolute atomic E-state index is 0.0980. The third-order valence-corrected chi connectivity index (χ3v) is 4.39. The average molecular weight is 354 g/mol. The lowest BCUT2D eigenvalue weighted by molar-refractivity contribution is 0.0764. The SMILES string of the molecule is CCN1CCOc2ccc(NC(=O)c3ccc4c(c3)OCO4)cc2C1=O. The topological polar surface area (TPSA) is 77.1 Å². The average Bonchev–Trinajstić information content (AvgIpc) is 3.07. The number of hydrogen-bond donors (Lipinski definition) is 1. The molecule has 0 aliphatic carbocycles. The first-order valence-corrected chi connectivity index (χ1v) is 8.43. The van der Waals surface area contributed by atoms with E-state index >= 15 is 0 Å². The van der Waals surface area contributed by atoms with Crippen molar-refractivity contribution in [3.05, 3.63) is 47.5 Å². The van der Waals surface area contributed by atoms with Crippen LogP contribution in [0.3, 0.4) is 0 Å². The standard InChI is InChI=1S/C19H18N2O5/c1-2-21-7-8-24-15-6-4-13(10-14(15)19(21)23)20-18(22)12-3-5-16-17(9-12)26-11-25-16/h3-6,9-10H,2,7-8,11H2,1H3,(H,20,22). The van der Waals surface area contributed by atoms with E-state index in [2.05, 4.69) is 5.32 Å². The highest BCUT2D eigenvalue weighted by atomic mass is 16.7. The van der Waals surface area contributed by atoms with E-state index in [4.69, 9.17) is 14.2 Å². The summed E-state index contributed by atoms with van der Waals surface area (Å²) in [5.74, 6) is 1.31. The summed E-state index contributed by atoms with van der Waals surface area (Å²) >= 11 is 0. The van der Waals surface area contributed by atoms with E-state index < -0.39 is 0 Å². The predicted molar refractivity (Wildman–Crippen MR) is 94.0 cm³/mol. The number of carbonyl (C=O) groups is 2. The molecule has 0 saturated heterocycles. The van der Waals surface area contributed by atoms with Gasteiger partial charge in [-0.15, -0.1) is 0 Å². The minimum atomic E-state index is -0.294. The molecule has 2 aromatic carbocycles. The number of likely N-dealkylation sites (N-methyl/N-ethyl adjacent to an activating group) is 1. The van der Waals surface area contributed by atoms with E-state index in [1.165, 1.54) is 0 Å². The van der Waals surface area contributed by atoms with Crippen molar-refractivity contribution in [1.29, 1.82) is 0 Å². The highest BCUT2D eigenvalue weighted by Crippen LogP contribution is 2.33. The van der Waals surface area contributed by atoms with Gasteiger partial charge in [0.15, 0.2) is 11.5 Å². The lowest BCUT2D eigenvalue weighted by atomic mass is 10.1. The Hall–Kier alpha value is -3.22. The lowest BCUT2D eigenvalue weighted by Gasteiger charge is -2.17. The normalized spacial score (nSPS) is 15.1. The Kier molecular flexibility index (Phi) is 4.12. The summed E-state index contributed by atoms with van der Waals surface area (Å²) in [5, 5.41) is 2.81. The van der Waals surface area contributed by atoms with Crippen LogP contribution in [0.5, 0.6) is 17.2 Å². The first-order valence-electron chi connectivity index (χ1n) is 8.43. The van der Waals surface area contributed by atoms with Crippen molar-refractivity contribution in [3.63, 3.8) is 0 Å². The Labute approximate surface area is 150 Å². The zero-order valence-electron chi connectivity index (χ0n) is 14.3. The highest BCUT2D eigenvalue weighted by molar-refractivity contribution is 6.06. The van der Waals surface area contributed by atoms with E-state index in [1.807, 2.05) is 6.92 Å². The van der Waals surface area contributed by atoms with Crippen LogP contribution >= 0.6 is 0 Å². The van der Waals surface area contributed by atoms with Gasteiger partial charge in [0.2, 0.25) is 6.79 Å². The fourth-order valence-corrected chi connectivity index (χ4v) is 2.98. The molecule has 2 aliphatic heterocycles. The maximum absolute atomic E-state index is 12.6. The van der Waals surface area contributed by atoms with Crippen LogP contribution in [0.2, 0.25) is 0 Å². The summed E-state index contributed by atoms with van der Waals surface area (Å²) < 4.78 is 16.2. The largest absolute Gasteiger partial charge is 0.491 e. The number of ether oxygens (including phenoxy) is 3. The number of nitrogens with one attached hydrogen (secondary N) is 1. The van der Waals surface area contributed by atoms with Crippen LogP contribution in [0.25, 0.3) is 0 Å². The van der Waals surface area contributed by atoms with Crippen LogP contribution in [0, 0.1) is 0 Å². The highest BCUT2D eigenvalue weighted by Gasteiger charge is 2.23. The number of amides is 2. The fourth-order valence-electron chi connectivity index (χ4n) is 2.98. The molecule has 7 heteroatoms. The first-order chi connectivity index (χ1) is 12.7. The molecule has 2 aliphatic rings. The number of nitrogens with zero attached hydrogens (tertiary/aromatic N) is 1. The van der Waals surface area contributed by atoms with Crippen molar-refractivity contribution in [1.82, 2.24) is 4.90 Å². The number of rotatable bonds is 3. The Bertz CT molecular complexity index is 880. The van der Waals surface area contributed by atoms with Crippen molar-refractivity contribution in [2.75, 3.05) is 31.8 Å². The summed E-state index contributed by atoms with van der Waals surface area (Å²) in [6.07, 6.45) is 0. The van der Waals surface area contributed by atoms with Crippen LogP contribution in [0.15, 0.2) is 36.4 Å². The number of anilines is 1. The van der Waals surface area contributed by atoms with Gasteiger partial charge >= 0.3 is 0 Å². The number of fused-ring (bicyclic) bond motifs is 2. The van der Waals surface area contributed by atoms with Crippen molar-refractivity contribution < 1.29 is 23.8 Å². The van der Waals surface area contributed by atoms with Gasteiger partial charge in [-0.25, -0.2) is 0 Å². The third-order valence-electron chi connectivity index (χ3n) is 4.39. The summed E-state index contributed by atoms with van der Waals surface area (Å²) in [6, 6.07) is 10.1. The van der Waals surface area contributed by atoms with Crippen LogP contribution in [-0.4, -0.2) is 43.2 Å². The molecular formula is C19H18N2O5. The zero-order valence-corrected chi connectivity index (χ0v) is 14.3. The van der Waals surface area contributed by atoms with Crippen molar-refractivity contribution in [3.8, 4) is 17.2 Å². The summed E-state index contributed by atoms with van der Waals surface area (Å²) in [5.41, 5.74) is 1.43. The zero-order chi connectivity index (χ0) is 18.1. The van der Waals surface area contributed by atoms with E-state index in [9.17, 15) is 9.59 Å². The van der Waals surface area contributed by atoms with Crippen molar-refractivity contribution >= 4 is 17.5 Å². The Morgan fingerprint density at radius 3 is 2.73 bits per heavy atom. The predicted octanol–water partition coefficient (Wildman–Crippen LogP) is 2.52. The van der Waals surface area contributed by atoms with E-state index in [0.717, 1.165) is 0 Å². The van der Waals surface area contributed by atoms with E-state index in [0.29, 0.717) is 53.8 Å². The maximum Gasteiger partial charge on any atom is 0.257 e. The number of hydrogen-bond acceptors (Lipinski definition) is 5. The summed E-state index contributed by atoms with van der Waals surface area (Å²) in [7, 11) is 0. The molecule has 2 heterocycles. The van der Waals surface area contributed by atoms with Gasteiger partial charge in [-0.1, -0.05) is 0 Å². The second-order valence-corrected chi connectivity index (χ2v) is 5.97. The second-order valence-electron chi connectivity index (χ2n) is 5.97. The van der Waals surface area contributed by atoms with Gasteiger partial charge in [0.05, 0.1) is 12.1 Å². The molecule has 0 unspecified atom stereocenters. The van der Waals surface area contributed by atoms with E-state index in [1.54, 1.807) is 41.3 Å².